The molecule has 1 aromatic heterocycles. The molecule has 1 heterocycles. The predicted octanol–water partition coefficient (Wildman–Crippen LogP) is 1.34. The fourth-order valence-electron chi connectivity index (χ4n) is 1.30. The Labute approximate surface area is 108 Å². The van der Waals surface area contributed by atoms with Gasteiger partial charge in [0.05, 0.1) is 6.33 Å². The van der Waals surface area contributed by atoms with E-state index in [1.54, 1.807) is 0 Å². The molecule has 0 spiro atoms. The van der Waals surface area contributed by atoms with Crippen LogP contribution in [0.2, 0.25) is 0 Å². The van der Waals surface area contributed by atoms with Crippen molar-refractivity contribution < 1.29 is 5.11 Å². The molecule has 3 N–H and O–H groups in total. The Hall–Kier alpha value is -0.630. The van der Waals surface area contributed by atoms with Crippen molar-refractivity contribution in [2.45, 2.75) is 25.7 Å². The molecule has 0 radical (unpaired) electrons. The summed E-state index contributed by atoms with van der Waals surface area (Å²) in [6, 6.07) is 0. The monoisotopic (exact) mass is 337 g/mol. The van der Waals surface area contributed by atoms with Crippen molar-refractivity contribution in [3.05, 3.63) is 20.3 Å². The topological polar surface area (TPSA) is 78.0 Å². The molecule has 0 aliphatic heterocycles. The van der Waals surface area contributed by atoms with E-state index in [1.807, 2.05) is 22.6 Å². The van der Waals surface area contributed by atoms with E-state index >= 15 is 0 Å². The van der Waals surface area contributed by atoms with E-state index in [4.69, 9.17) is 5.11 Å². The van der Waals surface area contributed by atoms with Crippen LogP contribution in [0.15, 0.2) is 11.1 Å². The van der Waals surface area contributed by atoms with Crippen LogP contribution in [0.4, 0.5) is 5.82 Å². The number of unbranched alkanes of at least 4 members (excludes halogenated alkanes) is 3. The summed E-state index contributed by atoms with van der Waals surface area (Å²) in [5.41, 5.74) is -0.113. The summed E-state index contributed by atoms with van der Waals surface area (Å²) < 4.78 is 0.593. The minimum Gasteiger partial charge on any atom is -0.396 e. The molecule has 6 heteroatoms. The normalized spacial score (nSPS) is 10.4. The number of hydrogen-bond acceptors (Lipinski definition) is 4. The van der Waals surface area contributed by atoms with Gasteiger partial charge in [0.25, 0.3) is 5.56 Å². The van der Waals surface area contributed by atoms with Crippen molar-refractivity contribution in [1.29, 1.82) is 0 Å². The number of rotatable bonds is 7. The lowest BCUT2D eigenvalue weighted by Crippen LogP contribution is -2.15. The molecule has 0 fully saturated rings. The number of anilines is 1. The summed E-state index contributed by atoms with van der Waals surface area (Å²) in [4.78, 5) is 17.8. The molecule has 1 rings (SSSR count). The summed E-state index contributed by atoms with van der Waals surface area (Å²) in [6.07, 6.45) is 5.40. The van der Waals surface area contributed by atoms with Crippen LogP contribution < -0.4 is 10.9 Å². The van der Waals surface area contributed by atoms with Gasteiger partial charge in [-0.1, -0.05) is 12.8 Å². The Morgan fingerprint density at radius 1 is 1.38 bits per heavy atom. The first-order chi connectivity index (χ1) is 7.75. The Morgan fingerprint density at radius 2 is 2.12 bits per heavy atom. The third-order valence-electron chi connectivity index (χ3n) is 2.17. The highest BCUT2D eigenvalue weighted by Gasteiger charge is 2.03. The molecular weight excluding hydrogens is 321 g/mol. The molecule has 0 saturated carbocycles. The average Bonchev–Trinajstić information content (AvgIpc) is 2.29. The highest BCUT2D eigenvalue weighted by atomic mass is 127. The van der Waals surface area contributed by atoms with Gasteiger partial charge < -0.3 is 15.4 Å². The van der Waals surface area contributed by atoms with Crippen molar-refractivity contribution in [2.75, 3.05) is 18.5 Å². The minimum absolute atomic E-state index is 0.113. The largest absolute Gasteiger partial charge is 0.396 e. The van der Waals surface area contributed by atoms with Crippen LogP contribution in [-0.4, -0.2) is 28.2 Å². The Kier molecular flexibility index (Phi) is 6.39. The smallest absolute Gasteiger partial charge is 0.266 e. The van der Waals surface area contributed by atoms with Crippen LogP contribution in [0, 0.1) is 3.57 Å². The molecule has 5 nitrogen and oxygen atoms in total. The van der Waals surface area contributed by atoms with Gasteiger partial charge in [-0.3, -0.25) is 4.79 Å². The number of aliphatic hydroxyl groups is 1. The van der Waals surface area contributed by atoms with E-state index in [9.17, 15) is 4.79 Å². The quantitative estimate of drug-likeness (QED) is 0.518. The van der Waals surface area contributed by atoms with Crippen LogP contribution >= 0.6 is 22.6 Å². The highest BCUT2D eigenvalue weighted by Crippen LogP contribution is 2.09. The third kappa shape index (κ3) is 4.48. The number of aromatic nitrogens is 2. The molecule has 0 unspecified atom stereocenters. The van der Waals surface area contributed by atoms with Crippen LogP contribution in [-0.2, 0) is 0 Å². The van der Waals surface area contributed by atoms with Gasteiger partial charge in [0, 0.05) is 13.2 Å². The standard InChI is InChI=1S/C10H16IN3O2/c11-8-9(13-7-14-10(8)16)12-5-3-1-2-4-6-15/h7,15H,1-6H2,(H2,12,13,14,16). The fraction of sp³-hybridized carbons (Fsp3) is 0.600. The molecular formula is C10H16IN3O2. The van der Waals surface area contributed by atoms with Gasteiger partial charge in [0.1, 0.15) is 9.39 Å². The minimum atomic E-state index is -0.113. The molecule has 0 aliphatic rings. The highest BCUT2D eigenvalue weighted by molar-refractivity contribution is 14.1. The Bertz CT molecular complexity index is 367. The Morgan fingerprint density at radius 3 is 2.88 bits per heavy atom. The van der Waals surface area contributed by atoms with Crippen molar-refractivity contribution >= 4 is 28.4 Å². The maximum Gasteiger partial charge on any atom is 0.266 e. The first kappa shape index (κ1) is 13.4. The Balaban J connectivity index is 2.27. The first-order valence-electron chi connectivity index (χ1n) is 5.33. The zero-order valence-corrected chi connectivity index (χ0v) is 11.2. The summed E-state index contributed by atoms with van der Waals surface area (Å²) in [6.45, 7) is 1.07. The second kappa shape index (κ2) is 7.61. The van der Waals surface area contributed by atoms with Crippen LogP contribution in [0.5, 0.6) is 0 Å². The fourth-order valence-corrected chi connectivity index (χ4v) is 1.79. The van der Waals surface area contributed by atoms with Crippen LogP contribution in [0.25, 0.3) is 0 Å². The summed E-state index contributed by atoms with van der Waals surface area (Å²) in [7, 11) is 0. The molecule has 0 saturated heterocycles. The van der Waals surface area contributed by atoms with Crippen molar-refractivity contribution in [3.63, 3.8) is 0 Å². The van der Waals surface area contributed by atoms with Gasteiger partial charge in [0.2, 0.25) is 0 Å². The molecule has 1 aromatic rings. The van der Waals surface area contributed by atoms with Crippen molar-refractivity contribution in [1.82, 2.24) is 9.97 Å². The van der Waals surface area contributed by atoms with Crippen molar-refractivity contribution in [2.24, 2.45) is 0 Å². The lowest BCUT2D eigenvalue weighted by atomic mass is 10.2. The molecule has 0 amide bonds. The zero-order chi connectivity index (χ0) is 11.8. The lowest BCUT2D eigenvalue weighted by molar-refractivity contribution is 0.283. The van der Waals surface area contributed by atoms with Gasteiger partial charge in [-0.2, -0.15) is 0 Å². The number of H-pyrrole nitrogens is 1. The van der Waals surface area contributed by atoms with Gasteiger partial charge in [-0.25, -0.2) is 4.98 Å². The van der Waals surface area contributed by atoms with E-state index in [0.717, 1.165) is 32.2 Å². The molecule has 0 bridgehead atoms. The summed E-state index contributed by atoms with van der Waals surface area (Å²) in [5, 5.41) is 11.7. The maximum absolute atomic E-state index is 11.2. The number of nitrogens with zero attached hydrogens (tertiary/aromatic N) is 1. The second-order valence-corrected chi connectivity index (χ2v) is 4.54. The van der Waals surface area contributed by atoms with Gasteiger partial charge in [-0.05, 0) is 35.4 Å². The number of hydrogen-bond donors (Lipinski definition) is 3. The van der Waals surface area contributed by atoms with Crippen LogP contribution in [0.3, 0.4) is 0 Å². The lowest BCUT2D eigenvalue weighted by Gasteiger charge is -2.05. The number of nitrogens with one attached hydrogen (secondary N) is 2. The van der Waals surface area contributed by atoms with E-state index in [1.165, 1.54) is 6.33 Å². The zero-order valence-electron chi connectivity index (χ0n) is 9.00. The van der Waals surface area contributed by atoms with E-state index < -0.39 is 0 Å². The summed E-state index contributed by atoms with van der Waals surface area (Å²) in [5.74, 6) is 0.645. The summed E-state index contributed by atoms with van der Waals surface area (Å²) >= 11 is 1.98. The van der Waals surface area contributed by atoms with Gasteiger partial charge in [0.15, 0.2) is 0 Å². The van der Waals surface area contributed by atoms with E-state index in [0.29, 0.717) is 9.39 Å². The molecule has 0 aliphatic carbocycles. The average molecular weight is 337 g/mol. The van der Waals surface area contributed by atoms with E-state index in [2.05, 4.69) is 15.3 Å². The number of halogens is 1. The molecule has 90 valence electrons. The second-order valence-electron chi connectivity index (χ2n) is 3.46. The van der Waals surface area contributed by atoms with Crippen LogP contribution in [0.1, 0.15) is 25.7 Å². The SMILES string of the molecule is O=c1[nH]cnc(NCCCCCCO)c1I. The maximum atomic E-state index is 11.2. The van der Waals surface area contributed by atoms with Gasteiger partial charge >= 0.3 is 0 Å². The molecule has 0 atom stereocenters. The number of aliphatic hydroxyl groups excluding tert-OH is 1. The van der Waals surface area contributed by atoms with E-state index in [-0.39, 0.29) is 12.2 Å². The van der Waals surface area contributed by atoms with Crippen molar-refractivity contribution in [3.8, 4) is 0 Å². The third-order valence-corrected chi connectivity index (χ3v) is 3.17. The number of aromatic amines is 1. The predicted molar refractivity (Wildman–Crippen MR) is 71.6 cm³/mol. The molecule has 0 aromatic carbocycles. The van der Waals surface area contributed by atoms with Gasteiger partial charge in [-0.15, -0.1) is 0 Å². The first-order valence-corrected chi connectivity index (χ1v) is 6.41. The molecule has 16 heavy (non-hydrogen) atoms.